The lowest BCUT2D eigenvalue weighted by Gasteiger charge is -2.19. The molecule has 0 aromatic heterocycles. The lowest BCUT2D eigenvalue weighted by atomic mass is 10.1. The Morgan fingerprint density at radius 2 is 1.52 bits per heavy atom. The highest BCUT2D eigenvalue weighted by Gasteiger charge is 2.15. The van der Waals surface area contributed by atoms with E-state index in [0.29, 0.717) is 31.0 Å². The Hall–Kier alpha value is -3.22. The van der Waals surface area contributed by atoms with Crippen LogP contribution in [0.5, 0.6) is 11.5 Å². The summed E-state index contributed by atoms with van der Waals surface area (Å²) in [5, 5.41) is 5.49. The van der Waals surface area contributed by atoms with Crippen molar-refractivity contribution in [2.24, 2.45) is 0 Å². The van der Waals surface area contributed by atoms with Crippen LogP contribution in [0.15, 0.2) is 48.5 Å². The van der Waals surface area contributed by atoms with Gasteiger partial charge in [-0.15, -0.1) is 0 Å². The third-order valence-electron chi connectivity index (χ3n) is 3.77. The first-order chi connectivity index (χ1) is 13.8. The maximum Gasteiger partial charge on any atom is 0.407 e. The first kappa shape index (κ1) is 22.1. The lowest BCUT2D eigenvalue weighted by molar-refractivity contribution is 0.0523. The number of hydrogen-bond acceptors (Lipinski definition) is 5. The summed E-state index contributed by atoms with van der Waals surface area (Å²) in [6, 6.07) is 14.3. The number of alkyl carbamates (subject to hydrolysis) is 1. The maximum atomic E-state index is 12.2. The molecule has 2 N–H and O–H groups in total. The van der Waals surface area contributed by atoms with Crippen molar-refractivity contribution in [3.63, 3.8) is 0 Å². The number of methoxy groups -OCH3 is 1. The number of rotatable bonds is 8. The minimum absolute atomic E-state index is 0.185. The fraction of sp³-hybridized carbons (Fsp3) is 0.364. The van der Waals surface area contributed by atoms with E-state index in [1.807, 2.05) is 45.0 Å². The summed E-state index contributed by atoms with van der Waals surface area (Å²) < 4.78 is 15.9. The number of carbonyl (C=O) groups is 2. The van der Waals surface area contributed by atoms with Crippen LogP contribution in [0.1, 0.15) is 36.7 Å². The number of hydrogen-bond donors (Lipinski definition) is 2. The van der Waals surface area contributed by atoms with Crippen LogP contribution in [-0.4, -0.2) is 37.9 Å². The molecule has 2 aromatic carbocycles. The third kappa shape index (κ3) is 8.13. The minimum Gasteiger partial charge on any atom is -0.497 e. The minimum atomic E-state index is -0.539. The monoisotopic (exact) mass is 400 g/mol. The molecule has 0 bridgehead atoms. The van der Waals surface area contributed by atoms with Gasteiger partial charge in [-0.05, 0) is 62.7 Å². The number of ether oxygens (including phenoxy) is 3. The molecule has 0 atom stereocenters. The van der Waals surface area contributed by atoms with Gasteiger partial charge in [0.05, 0.1) is 13.7 Å². The Morgan fingerprint density at radius 1 is 0.897 bits per heavy atom. The van der Waals surface area contributed by atoms with E-state index in [0.717, 1.165) is 11.3 Å². The molecular formula is C22H28N2O5. The predicted octanol–water partition coefficient (Wildman–Crippen LogP) is 3.53. The van der Waals surface area contributed by atoms with Crippen LogP contribution < -0.4 is 20.1 Å². The topological polar surface area (TPSA) is 85.9 Å². The van der Waals surface area contributed by atoms with E-state index < -0.39 is 11.7 Å². The van der Waals surface area contributed by atoms with Crippen LogP contribution in [0.4, 0.5) is 4.79 Å². The molecule has 2 aromatic rings. The third-order valence-corrected chi connectivity index (χ3v) is 3.77. The first-order valence-electron chi connectivity index (χ1n) is 9.38. The second-order valence-electron chi connectivity index (χ2n) is 7.33. The van der Waals surface area contributed by atoms with Crippen LogP contribution in [0.3, 0.4) is 0 Å². The molecule has 0 saturated carbocycles. The van der Waals surface area contributed by atoms with Gasteiger partial charge in [0, 0.05) is 12.1 Å². The average molecular weight is 400 g/mol. The highest BCUT2D eigenvalue weighted by Crippen LogP contribution is 2.16. The molecule has 2 rings (SSSR count). The molecule has 0 aliphatic heterocycles. The van der Waals surface area contributed by atoms with Gasteiger partial charge in [-0.2, -0.15) is 0 Å². The van der Waals surface area contributed by atoms with Crippen molar-refractivity contribution in [3.8, 4) is 11.5 Å². The van der Waals surface area contributed by atoms with Gasteiger partial charge < -0.3 is 24.8 Å². The van der Waals surface area contributed by atoms with E-state index in [1.165, 1.54) is 0 Å². The summed E-state index contributed by atoms with van der Waals surface area (Å²) in [7, 11) is 1.61. The number of carbonyl (C=O) groups excluding carboxylic acids is 2. The molecule has 0 heterocycles. The van der Waals surface area contributed by atoms with E-state index in [1.54, 1.807) is 31.4 Å². The molecule has 0 aliphatic rings. The van der Waals surface area contributed by atoms with Crippen molar-refractivity contribution in [2.45, 2.75) is 32.9 Å². The highest BCUT2D eigenvalue weighted by molar-refractivity contribution is 5.94. The van der Waals surface area contributed by atoms with Crippen molar-refractivity contribution in [2.75, 3.05) is 20.3 Å². The maximum absolute atomic E-state index is 12.2. The SMILES string of the molecule is COc1ccc(OCCNC(=O)c2ccc(CNC(=O)OC(C)(C)C)cc2)cc1. The van der Waals surface area contributed by atoms with Gasteiger partial charge in [0.15, 0.2) is 0 Å². The summed E-state index contributed by atoms with van der Waals surface area (Å²) in [5.74, 6) is 1.28. The van der Waals surface area contributed by atoms with Gasteiger partial charge in [0.2, 0.25) is 0 Å². The van der Waals surface area contributed by atoms with Crippen molar-refractivity contribution in [1.82, 2.24) is 10.6 Å². The van der Waals surface area contributed by atoms with Crippen molar-refractivity contribution < 1.29 is 23.8 Å². The Balaban J connectivity index is 1.71. The highest BCUT2D eigenvalue weighted by atomic mass is 16.6. The van der Waals surface area contributed by atoms with Crippen LogP contribution in [0, 0.1) is 0 Å². The van der Waals surface area contributed by atoms with Crippen LogP contribution in [0.25, 0.3) is 0 Å². The zero-order valence-electron chi connectivity index (χ0n) is 17.3. The van der Waals surface area contributed by atoms with E-state index in [-0.39, 0.29) is 5.91 Å². The van der Waals surface area contributed by atoms with E-state index in [4.69, 9.17) is 14.2 Å². The predicted molar refractivity (Wildman–Crippen MR) is 110 cm³/mol. The van der Waals surface area contributed by atoms with Gasteiger partial charge in [0.25, 0.3) is 5.91 Å². The summed E-state index contributed by atoms with van der Waals surface area (Å²) in [6.45, 7) is 6.49. The van der Waals surface area contributed by atoms with Gasteiger partial charge in [-0.25, -0.2) is 4.79 Å². The summed E-state index contributed by atoms with van der Waals surface area (Å²) in [5.41, 5.74) is 0.869. The summed E-state index contributed by atoms with van der Waals surface area (Å²) >= 11 is 0. The molecule has 7 heteroatoms. The smallest absolute Gasteiger partial charge is 0.407 e. The van der Waals surface area contributed by atoms with Crippen LogP contribution >= 0.6 is 0 Å². The number of amides is 2. The molecule has 0 spiro atoms. The molecule has 0 saturated heterocycles. The zero-order chi connectivity index (χ0) is 21.3. The molecule has 0 aliphatic carbocycles. The van der Waals surface area contributed by atoms with Crippen molar-refractivity contribution >= 4 is 12.0 Å². The number of nitrogens with one attached hydrogen (secondary N) is 2. The van der Waals surface area contributed by atoms with Gasteiger partial charge in [-0.1, -0.05) is 12.1 Å². The molecule has 0 fully saturated rings. The summed E-state index contributed by atoms with van der Waals surface area (Å²) in [6.07, 6.45) is -0.476. The fourth-order valence-electron chi connectivity index (χ4n) is 2.37. The Kier molecular flexibility index (Phi) is 7.88. The Morgan fingerprint density at radius 3 is 2.10 bits per heavy atom. The molecule has 0 radical (unpaired) electrons. The molecule has 0 unspecified atom stereocenters. The Labute approximate surface area is 171 Å². The number of benzene rings is 2. The normalized spacial score (nSPS) is 10.8. The van der Waals surface area contributed by atoms with Crippen molar-refractivity contribution in [3.05, 3.63) is 59.7 Å². The second-order valence-corrected chi connectivity index (χ2v) is 7.33. The molecular weight excluding hydrogens is 372 g/mol. The van der Waals surface area contributed by atoms with Crippen molar-refractivity contribution in [1.29, 1.82) is 0 Å². The van der Waals surface area contributed by atoms with E-state index in [2.05, 4.69) is 10.6 Å². The molecule has 2 amide bonds. The van der Waals surface area contributed by atoms with E-state index >= 15 is 0 Å². The molecule has 156 valence electrons. The largest absolute Gasteiger partial charge is 0.497 e. The first-order valence-corrected chi connectivity index (χ1v) is 9.38. The zero-order valence-corrected chi connectivity index (χ0v) is 17.3. The standard InChI is InChI=1S/C22H28N2O5/c1-22(2,3)29-21(26)24-15-16-5-7-17(8-6-16)20(25)23-13-14-28-19-11-9-18(27-4)10-12-19/h5-12H,13-15H2,1-4H3,(H,23,25)(H,24,26). The van der Waals surface area contributed by atoms with Crippen LogP contribution in [-0.2, 0) is 11.3 Å². The fourth-order valence-corrected chi connectivity index (χ4v) is 2.37. The molecule has 29 heavy (non-hydrogen) atoms. The summed E-state index contributed by atoms with van der Waals surface area (Å²) in [4.78, 5) is 23.9. The lowest BCUT2D eigenvalue weighted by Crippen LogP contribution is -2.32. The van der Waals surface area contributed by atoms with E-state index in [9.17, 15) is 9.59 Å². The van der Waals surface area contributed by atoms with Gasteiger partial charge in [-0.3, -0.25) is 4.79 Å². The quantitative estimate of drug-likeness (QED) is 0.662. The van der Waals surface area contributed by atoms with Crippen LogP contribution in [0.2, 0.25) is 0 Å². The van der Waals surface area contributed by atoms with Gasteiger partial charge in [0.1, 0.15) is 23.7 Å². The second kappa shape index (κ2) is 10.4. The Bertz CT molecular complexity index is 795. The molecule has 7 nitrogen and oxygen atoms in total. The average Bonchev–Trinajstić information content (AvgIpc) is 2.69. The van der Waals surface area contributed by atoms with Gasteiger partial charge >= 0.3 is 6.09 Å².